The van der Waals surface area contributed by atoms with Crippen LogP contribution >= 0.6 is 0 Å². The van der Waals surface area contributed by atoms with E-state index in [1.54, 1.807) is 3.96 Å². The van der Waals surface area contributed by atoms with Gasteiger partial charge in [-0.25, -0.2) is 0 Å². The fourth-order valence-corrected chi connectivity index (χ4v) is 7.20. The first-order chi connectivity index (χ1) is 5.83. The summed E-state index contributed by atoms with van der Waals surface area (Å²) in [5.74, 6) is 0. The monoisotopic (exact) mass is 375 g/mol. The molecule has 0 aromatic rings. The molecule has 0 radical (unpaired) electrons. The summed E-state index contributed by atoms with van der Waals surface area (Å²) in [7, 11) is -0.972. The van der Waals surface area contributed by atoms with Crippen molar-refractivity contribution < 1.29 is 18.6 Å². The third-order valence-corrected chi connectivity index (χ3v) is 15.0. The first-order valence-electron chi connectivity index (χ1n) is 4.78. The summed E-state index contributed by atoms with van der Waals surface area (Å²) in [6.07, 6.45) is 8.09. The molecule has 0 nitrogen and oxygen atoms in total. The molecule has 78 valence electrons. The van der Waals surface area contributed by atoms with Crippen molar-refractivity contribution in [1.29, 1.82) is 0 Å². The van der Waals surface area contributed by atoms with Crippen LogP contribution in [-0.4, -0.2) is 8.07 Å². The average molecular weight is 375 g/mol. The molecule has 0 saturated heterocycles. The van der Waals surface area contributed by atoms with Crippen molar-refractivity contribution in [2.75, 3.05) is 0 Å². The van der Waals surface area contributed by atoms with Crippen molar-refractivity contribution in [1.82, 2.24) is 0 Å². The van der Waals surface area contributed by atoms with Crippen LogP contribution in [0.25, 0.3) is 0 Å². The maximum atomic E-state index is 2.50. The fourth-order valence-electron chi connectivity index (χ4n) is 0.839. The van der Waals surface area contributed by atoms with Gasteiger partial charge in [-0.05, 0) is 0 Å². The molecule has 1 aliphatic rings. The Balaban J connectivity index is 2.62. The van der Waals surface area contributed by atoms with E-state index in [0.717, 1.165) is 0 Å². The van der Waals surface area contributed by atoms with Crippen molar-refractivity contribution in [3.63, 3.8) is 0 Å². The fraction of sp³-hybridized carbons (Fsp3) is 0.636. The van der Waals surface area contributed by atoms with Crippen LogP contribution in [0.2, 0.25) is 23.1 Å². The standard InChI is InChI=1S/C6H15Si.C5H5.Pt/c1-6(2)7(3,4)5;1-2-4-5-3-1;/h1-5H3;1-3H,4H2;. The van der Waals surface area contributed by atoms with Crippen LogP contribution in [0.3, 0.4) is 0 Å². The normalized spacial score (nSPS) is 18.1. The molecule has 1 rings (SSSR count). The summed E-state index contributed by atoms with van der Waals surface area (Å²) in [6, 6.07) is 0. The minimum atomic E-state index is -0.972. The Bertz CT molecular complexity index is 243. The molecule has 0 aromatic carbocycles. The third-order valence-electron chi connectivity index (χ3n) is 2.74. The van der Waals surface area contributed by atoms with Gasteiger partial charge >= 0.3 is 92.2 Å². The van der Waals surface area contributed by atoms with Gasteiger partial charge in [0.2, 0.25) is 0 Å². The van der Waals surface area contributed by atoms with Crippen molar-refractivity contribution in [2.45, 2.75) is 43.3 Å². The Hall–Kier alpha value is 0.385. The van der Waals surface area contributed by atoms with Crippen molar-refractivity contribution in [3.05, 3.63) is 22.2 Å². The van der Waals surface area contributed by atoms with E-state index in [1.807, 2.05) is 0 Å². The van der Waals surface area contributed by atoms with Crippen LogP contribution in [0.5, 0.6) is 0 Å². The SMILES string of the molecule is C[C](C)([Pt][C]1=CC=CC1)[Si](C)(C)C. The first kappa shape index (κ1) is 11.5. The molecule has 0 amide bonds. The number of allylic oxidation sites excluding steroid dienone is 4. The maximum absolute atomic E-state index is 2.50. The predicted molar refractivity (Wildman–Crippen MR) is 59.2 cm³/mol. The Morgan fingerprint density at radius 2 is 1.92 bits per heavy atom. The molecule has 0 unspecified atom stereocenters. The van der Waals surface area contributed by atoms with Gasteiger partial charge in [0.15, 0.2) is 0 Å². The van der Waals surface area contributed by atoms with E-state index in [4.69, 9.17) is 0 Å². The van der Waals surface area contributed by atoms with Gasteiger partial charge < -0.3 is 0 Å². The van der Waals surface area contributed by atoms with Crippen molar-refractivity contribution >= 4 is 8.07 Å². The van der Waals surface area contributed by atoms with Gasteiger partial charge in [-0.15, -0.1) is 0 Å². The molecule has 0 bridgehead atoms. The summed E-state index contributed by atoms with van der Waals surface area (Å²) in [5.41, 5.74) is 0. The molecular weight excluding hydrogens is 355 g/mol. The van der Waals surface area contributed by atoms with Gasteiger partial charge in [-0.2, -0.15) is 0 Å². The topological polar surface area (TPSA) is 0 Å². The van der Waals surface area contributed by atoms with Crippen LogP contribution < -0.4 is 0 Å². The molecule has 0 saturated carbocycles. The van der Waals surface area contributed by atoms with Crippen LogP contribution in [0.15, 0.2) is 22.2 Å². The third kappa shape index (κ3) is 2.92. The van der Waals surface area contributed by atoms with Crippen molar-refractivity contribution in [3.8, 4) is 0 Å². The van der Waals surface area contributed by atoms with Crippen molar-refractivity contribution in [2.24, 2.45) is 0 Å². The summed E-state index contributed by atoms with van der Waals surface area (Å²) in [4.78, 5) is 0. The zero-order valence-corrected chi connectivity index (χ0v) is 12.5. The van der Waals surface area contributed by atoms with Gasteiger partial charge in [-0.3, -0.25) is 0 Å². The van der Waals surface area contributed by atoms with Gasteiger partial charge in [0.25, 0.3) is 0 Å². The zero-order valence-electron chi connectivity index (χ0n) is 9.26. The minimum absolute atomic E-state index is 0.235. The first-order valence-corrected chi connectivity index (χ1v) is 10.6. The van der Waals surface area contributed by atoms with Gasteiger partial charge in [-0.1, -0.05) is 0 Å². The molecule has 0 atom stereocenters. The van der Waals surface area contributed by atoms with Crippen LogP contribution in [0.4, 0.5) is 0 Å². The molecule has 0 N–H and O–H groups in total. The van der Waals surface area contributed by atoms with E-state index in [2.05, 4.69) is 51.7 Å². The number of hydrogen-bond donors (Lipinski definition) is 0. The Labute approximate surface area is 92.0 Å². The van der Waals surface area contributed by atoms with E-state index in [1.165, 1.54) is 6.42 Å². The Kier molecular flexibility index (Phi) is 3.41. The second kappa shape index (κ2) is 3.86. The predicted octanol–water partition coefficient (Wildman–Crippen LogP) is 3.99. The second-order valence-corrected chi connectivity index (χ2v) is 16.6. The Morgan fingerprint density at radius 3 is 2.31 bits per heavy atom. The molecule has 2 heteroatoms. The van der Waals surface area contributed by atoms with Crippen LogP contribution in [0.1, 0.15) is 20.3 Å². The van der Waals surface area contributed by atoms with Crippen LogP contribution in [-0.2, 0) is 18.6 Å². The summed E-state index contributed by atoms with van der Waals surface area (Å²) in [6.45, 7) is 12.4. The molecule has 0 fully saturated rings. The average Bonchev–Trinajstić information content (AvgIpc) is 2.35. The Morgan fingerprint density at radius 1 is 1.31 bits per heavy atom. The molecule has 0 spiro atoms. The van der Waals surface area contributed by atoms with Gasteiger partial charge in [0.1, 0.15) is 0 Å². The summed E-state index contributed by atoms with van der Waals surface area (Å²) in [5, 5.41) is 0. The second-order valence-electron chi connectivity index (χ2n) is 4.93. The van der Waals surface area contributed by atoms with E-state index in [-0.39, 0.29) is 18.6 Å². The number of rotatable bonds is 3. The molecule has 0 aromatic heterocycles. The molecule has 13 heavy (non-hydrogen) atoms. The molecule has 1 aliphatic carbocycles. The van der Waals surface area contributed by atoms with Crippen LogP contribution in [0, 0.1) is 0 Å². The van der Waals surface area contributed by atoms with E-state index in [9.17, 15) is 0 Å². The van der Waals surface area contributed by atoms with Gasteiger partial charge in [0, 0.05) is 0 Å². The van der Waals surface area contributed by atoms with E-state index < -0.39 is 8.07 Å². The summed E-state index contributed by atoms with van der Waals surface area (Å²) < 4.78 is 2.37. The van der Waals surface area contributed by atoms with E-state index in [0.29, 0.717) is 3.43 Å². The molecule has 0 aliphatic heterocycles. The zero-order chi connectivity index (χ0) is 10.1. The molecule has 0 heterocycles. The molecular formula is C11H20PtSi. The number of hydrogen-bond acceptors (Lipinski definition) is 0. The summed E-state index contributed by atoms with van der Waals surface area (Å²) >= 11 is 0.235. The van der Waals surface area contributed by atoms with E-state index >= 15 is 0 Å². The quantitative estimate of drug-likeness (QED) is 0.655. The van der Waals surface area contributed by atoms with Gasteiger partial charge in [0.05, 0.1) is 0 Å².